The number of ether oxygens (including phenoxy) is 1. The summed E-state index contributed by atoms with van der Waals surface area (Å²) in [4.78, 5) is 34.8. The highest BCUT2D eigenvalue weighted by molar-refractivity contribution is 6.39. The number of nitrogens with zero attached hydrogens (tertiary/aromatic N) is 3. The molecule has 2 heterocycles. The zero-order valence-corrected chi connectivity index (χ0v) is 21.1. The Labute approximate surface area is 209 Å². The molecule has 0 aromatic heterocycles. The summed E-state index contributed by atoms with van der Waals surface area (Å²) in [5, 5.41) is 2.57. The number of fused-ring (bicyclic) bond motifs is 2. The fraction of sp³-hybridized carbons (Fsp3) is 0.643. The van der Waals surface area contributed by atoms with Crippen LogP contribution < -0.4 is 5.32 Å². The van der Waals surface area contributed by atoms with Crippen molar-refractivity contribution in [3.63, 3.8) is 0 Å². The molecule has 7 nitrogen and oxygen atoms in total. The number of unbranched alkanes of at least 4 members (excludes halogenated alkanes) is 2. The summed E-state index contributed by atoms with van der Waals surface area (Å²) in [7, 11) is 0. The fourth-order valence-electron chi connectivity index (χ4n) is 5.62. The molecular formula is C28H40N4O3. The van der Waals surface area contributed by atoms with Gasteiger partial charge in [0.05, 0.1) is 12.2 Å². The fourth-order valence-corrected chi connectivity index (χ4v) is 5.62. The molecule has 1 saturated heterocycles. The van der Waals surface area contributed by atoms with Gasteiger partial charge in [0.15, 0.2) is 0 Å². The number of hydrogen-bond acceptors (Lipinski definition) is 5. The van der Waals surface area contributed by atoms with Gasteiger partial charge < -0.3 is 15.0 Å². The first kappa shape index (κ1) is 25.4. The Balaban J connectivity index is 1.37. The Morgan fingerprint density at radius 1 is 1.14 bits per heavy atom. The van der Waals surface area contributed by atoms with Crippen molar-refractivity contribution in [3.8, 4) is 0 Å². The first-order valence-electron chi connectivity index (χ1n) is 13.5. The molecule has 2 amide bonds. The maximum atomic E-state index is 12.6. The van der Waals surface area contributed by atoms with Gasteiger partial charge in [-0.3, -0.25) is 14.6 Å². The normalized spacial score (nSPS) is 24.2. The highest BCUT2D eigenvalue weighted by Crippen LogP contribution is 2.30. The van der Waals surface area contributed by atoms with E-state index in [9.17, 15) is 9.59 Å². The lowest BCUT2D eigenvalue weighted by Crippen LogP contribution is -2.36. The average Bonchev–Trinajstić information content (AvgIpc) is 3.39. The van der Waals surface area contributed by atoms with E-state index in [-0.39, 0.29) is 18.1 Å². The summed E-state index contributed by atoms with van der Waals surface area (Å²) < 4.78 is 6.47. The second-order valence-electron chi connectivity index (χ2n) is 10.3. The molecule has 2 fully saturated rings. The Morgan fingerprint density at radius 2 is 1.91 bits per heavy atom. The molecule has 1 saturated carbocycles. The van der Waals surface area contributed by atoms with Gasteiger partial charge in [0.2, 0.25) is 18.2 Å². The molecule has 4 rings (SSSR count). The molecule has 0 radical (unpaired) electrons. The maximum absolute atomic E-state index is 12.6. The standard InChI is InChI=1S/C28H40N4O3/c1-21-17-25(19-32(21)27(34)15-16-29-20-33)35-28-26(14-4-2-3-9-22-10-5-6-11-22)30-23-12-7-8-13-24(18-23)31-28/h7-8,12-13,20-22,25H,2-6,9-11,14-19H2,1H3,(H,29,33)/t21?,25-/m1/s1. The Bertz CT molecular complexity index is 911. The van der Waals surface area contributed by atoms with Crippen LogP contribution in [-0.4, -0.2) is 54.1 Å². The minimum atomic E-state index is -0.107. The zero-order valence-electron chi connectivity index (χ0n) is 21.1. The van der Waals surface area contributed by atoms with E-state index >= 15 is 0 Å². The Hall–Kier alpha value is -2.70. The molecule has 0 spiro atoms. The molecule has 0 aromatic carbocycles. The molecule has 2 bridgehead atoms. The van der Waals surface area contributed by atoms with Crippen molar-refractivity contribution in [2.75, 3.05) is 13.1 Å². The Morgan fingerprint density at radius 3 is 2.69 bits per heavy atom. The largest absolute Gasteiger partial charge is 0.471 e. The number of allylic oxidation sites excluding steroid dienone is 4. The van der Waals surface area contributed by atoms with Gasteiger partial charge in [-0.15, -0.1) is 0 Å². The van der Waals surface area contributed by atoms with E-state index in [1.807, 2.05) is 23.1 Å². The van der Waals surface area contributed by atoms with E-state index in [1.165, 1.54) is 44.9 Å². The average molecular weight is 481 g/mol. The highest BCUT2D eigenvalue weighted by Gasteiger charge is 2.35. The first-order valence-corrected chi connectivity index (χ1v) is 13.5. The molecular weight excluding hydrogens is 440 g/mol. The number of likely N-dealkylation sites (tertiary alicyclic amines) is 1. The van der Waals surface area contributed by atoms with Gasteiger partial charge in [-0.25, -0.2) is 4.99 Å². The van der Waals surface area contributed by atoms with Crippen molar-refractivity contribution in [2.24, 2.45) is 15.9 Å². The number of rotatable bonds is 11. The van der Waals surface area contributed by atoms with Crippen molar-refractivity contribution in [1.29, 1.82) is 0 Å². The van der Waals surface area contributed by atoms with Crippen LogP contribution in [-0.2, 0) is 14.3 Å². The van der Waals surface area contributed by atoms with Crippen LogP contribution in [0.1, 0.15) is 84.0 Å². The van der Waals surface area contributed by atoms with E-state index in [0.717, 1.165) is 42.3 Å². The lowest BCUT2D eigenvalue weighted by Gasteiger charge is -2.21. The third kappa shape index (κ3) is 7.39. The number of carbonyl (C=O) groups excluding carboxylic acids is 2. The number of carbonyl (C=O) groups is 2. The molecule has 1 N–H and O–H groups in total. The van der Waals surface area contributed by atoms with Crippen LogP contribution in [0, 0.1) is 5.92 Å². The topological polar surface area (TPSA) is 83.4 Å². The van der Waals surface area contributed by atoms with Gasteiger partial charge in [0.25, 0.3) is 0 Å². The van der Waals surface area contributed by atoms with Gasteiger partial charge in [-0.05, 0) is 37.8 Å². The summed E-state index contributed by atoms with van der Waals surface area (Å²) in [6.45, 7) is 2.95. The smallest absolute Gasteiger partial charge is 0.236 e. The van der Waals surface area contributed by atoms with E-state index < -0.39 is 0 Å². The molecule has 4 aliphatic rings. The van der Waals surface area contributed by atoms with Crippen molar-refractivity contribution in [2.45, 2.75) is 96.1 Å². The lowest BCUT2D eigenvalue weighted by atomic mass is 9.99. The van der Waals surface area contributed by atoms with Gasteiger partial charge >= 0.3 is 0 Å². The van der Waals surface area contributed by atoms with Gasteiger partial charge in [0, 0.05) is 37.5 Å². The maximum Gasteiger partial charge on any atom is 0.236 e. The molecule has 1 unspecified atom stereocenters. The van der Waals surface area contributed by atoms with Crippen LogP contribution in [0.4, 0.5) is 0 Å². The first-order chi connectivity index (χ1) is 17.1. The Kier molecular flexibility index (Phi) is 9.32. The predicted octanol–water partition coefficient (Wildman–Crippen LogP) is 4.85. The van der Waals surface area contributed by atoms with Crippen LogP contribution in [0.5, 0.6) is 0 Å². The third-order valence-electron chi connectivity index (χ3n) is 7.52. The van der Waals surface area contributed by atoms with Crippen LogP contribution in [0.2, 0.25) is 0 Å². The van der Waals surface area contributed by atoms with Crippen molar-refractivity contribution in [3.05, 3.63) is 35.7 Å². The van der Waals surface area contributed by atoms with Gasteiger partial charge in [-0.2, -0.15) is 0 Å². The van der Waals surface area contributed by atoms with E-state index in [1.54, 1.807) is 0 Å². The van der Waals surface area contributed by atoms with E-state index in [0.29, 0.717) is 38.2 Å². The highest BCUT2D eigenvalue weighted by atomic mass is 16.5. The molecule has 2 aliphatic carbocycles. The predicted molar refractivity (Wildman–Crippen MR) is 139 cm³/mol. The third-order valence-corrected chi connectivity index (χ3v) is 7.52. The van der Waals surface area contributed by atoms with Crippen LogP contribution in [0.25, 0.3) is 0 Å². The van der Waals surface area contributed by atoms with Crippen molar-refractivity contribution in [1.82, 2.24) is 10.2 Å². The van der Waals surface area contributed by atoms with E-state index in [2.05, 4.69) is 18.3 Å². The van der Waals surface area contributed by atoms with Crippen molar-refractivity contribution >= 4 is 23.9 Å². The molecule has 2 aliphatic heterocycles. The second kappa shape index (κ2) is 12.8. The van der Waals surface area contributed by atoms with Crippen LogP contribution in [0.3, 0.4) is 0 Å². The minimum absolute atomic E-state index is 0.0438. The van der Waals surface area contributed by atoms with Crippen molar-refractivity contribution < 1.29 is 14.3 Å². The number of hydrogen-bond donors (Lipinski definition) is 1. The number of amides is 2. The summed E-state index contributed by atoms with van der Waals surface area (Å²) in [5.41, 5.74) is 2.91. The van der Waals surface area contributed by atoms with Gasteiger partial charge in [-0.1, -0.05) is 57.1 Å². The number of aliphatic imine (C=N–C) groups is 2. The summed E-state index contributed by atoms with van der Waals surface area (Å²) in [6, 6.07) is 0.0957. The van der Waals surface area contributed by atoms with Gasteiger partial charge in [0.1, 0.15) is 11.8 Å². The second-order valence-corrected chi connectivity index (χ2v) is 10.3. The lowest BCUT2D eigenvalue weighted by molar-refractivity contribution is -0.131. The molecule has 35 heavy (non-hydrogen) atoms. The van der Waals surface area contributed by atoms with E-state index in [4.69, 9.17) is 14.7 Å². The van der Waals surface area contributed by atoms with Crippen LogP contribution in [0.15, 0.2) is 45.7 Å². The molecule has 7 heteroatoms. The molecule has 190 valence electrons. The summed E-state index contributed by atoms with van der Waals surface area (Å²) >= 11 is 0. The monoisotopic (exact) mass is 480 g/mol. The summed E-state index contributed by atoms with van der Waals surface area (Å²) in [5.74, 6) is 1.61. The van der Waals surface area contributed by atoms with Crippen LogP contribution >= 0.6 is 0 Å². The molecule has 2 atom stereocenters. The summed E-state index contributed by atoms with van der Waals surface area (Å²) in [6.07, 6.45) is 21.9. The quantitative estimate of drug-likeness (QED) is 0.339. The zero-order chi connectivity index (χ0) is 24.5. The molecule has 0 aromatic rings. The SMILES string of the molecule is CC1C[C@@H](OC2=NC3=CC=CC=C(C3)N=C2CCCCCC2CCCC2)CN1C(=O)CCNC=O. The minimum Gasteiger partial charge on any atom is -0.471 e. The number of nitrogens with one attached hydrogen (secondary N) is 1.